The molecule has 1 nitrogen and oxygen atoms in total. The molecule has 0 atom stereocenters. The van der Waals surface area contributed by atoms with Crippen molar-refractivity contribution >= 4 is 43.7 Å². The summed E-state index contributed by atoms with van der Waals surface area (Å²) in [6, 6.07) is 45.0. The summed E-state index contributed by atoms with van der Waals surface area (Å²) in [4.78, 5) is 2.37. The van der Waals surface area contributed by atoms with Crippen molar-refractivity contribution in [2.45, 2.75) is 19.3 Å². The molecule has 7 aromatic rings. The predicted octanol–water partition coefficient (Wildman–Crippen LogP) is 11.2. The Morgan fingerprint density at radius 2 is 1.31 bits per heavy atom. The SMILES string of the molecule is C1=CC(N(c2ccccc2)c2ccc(-c3cc4cccc5c6c(c7cccc3c7c45)Cc3ccccc3-6)cc2)=CCC1. The molecular weight excluding hydrogens is 506 g/mol. The van der Waals surface area contributed by atoms with Crippen LogP contribution in [0.5, 0.6) is 0 Å². The molecule has 0 bridgehead atoms. The van der Waals surface area contributed by atoms with Gasteiger partial charge in [-0.2, -0.15) is 0 Å². The first kappa shape index (κ1) is 23.6. The molecular formula is C41H29N. The smallest absolute Gasteiger partial charge is 0.0461 e. The van der Waals surface area contributed by atoms with Gasteiger partial charge in [-0.1, -0.05) is 103 Å². The van der Waals surface area contributed by atoms with Crippen molar-refractivity contribution < 1.29 is 0 Å². The van der Waals surface area contributed by atoms with Crippen molar-refractivity contribution in [3.8, 4) is 22.3 Å². The lowest BCUT2D eigenvalue weighted by atomic mass is 9.84. The van der Waals surface area contributed by atoms with Gasteiger partial charge in [-0.3, -0.25) is 0 Å². The van der Waals surface area contributed by atoms with Crippen molar-refractivity contribution in [3.05, 3.63) is 156 Å². The van der Waals surface area contributed by atoms with Crippen LogP contribution in [-0.2, 0) is 6.42 Å². The Balaban J connectivity index is 1.24. The van der Waals surface area contributed by atoms with Crippen LogP contribution in [0.25, 0.3) is 54.6 Å². The van der Waals surface area contributed by atoms with E-state index < -0.39 is 0 Å². The molecule has 198 valence electrons. The number of fused-ring (bicyclic) bond motifs is 5. The molecule has 2 aliphatic carbocycles. The second-order valence-corrected chi connectivity index (χ2v) is 11.6. The third-order valence-electron chi connectivity index (χ3n) is 9.24. The maximum Gasteiger partial charge on any atom is 0.0461 e. The Morgan fingerprint density at radius 1 is 0.548 bits per heavy atom. The highest BCUT2D eigenvalue weighted by atomic mass is 15.1. The van der Waals surface area contributed by atoms with E-state index in [1.165, 1.54) is 82.8 Å². The van der Waals surface area contributed by atoms with Crippen LogP contribution in [0, 0.1) is 0 Å². The van der Waals surface area contributed by atoms with Gasteiger partial charge in [0, 0.05) is 17.1 Å². The van der Waals surface area contributed by atoms with E-state index in [4.69, 9.17) is 0 Å². The first-order valence-corrected chi connectivity index (χ1v) is 15.0. The highest BCUT2D eigenvalue weighted by Crippen LogP contribution is 2.50. The topological polar surface area (TPSA) is 3.24 Å². The van der Waals surface area contributed by atoms with Crippen molar-refractivity contribution in [1.82, 2.24) is 0 Å². The molecule has 7 aromatic carbocycles. The summed E-state index contributed by atoms with van der Waals surface area (Å²) in [5.41, 5.74) is 11.9. The first-order valence-electron chi connectivity index (χ1n) is 15.0. The Labute approximate surface area is 246 Å². The van der Waals surface area contributed by atoms with Crippen molar-refractivity contribution in [2.24, 2.45) is 0 Å². The molecule has 0 fully saturated rings. The third kappa shape index (κ3) is 3.44. The molecule has 0 N–H and O–H groups in total. The summed E-state index contributed by atoms with van der Waals surface area (Å²) in [5, 5.41) is 8.22. The second kappa shape index (κ2) is 9.19. The first-order chi connectivity index (χ1) is 20.8. The van der Waals surface area contributed by atoms with Gasteiger partial charge in [-0.05, 0) is 121 Å². The molecule has 1 heteroatoms. The van der Waals surface area contributed by atoms with Gasteiger partial charge < -0.3 is 4.90 Å². The summed E-state index contributed by atoms with van der Waals surface area (Å²) < 4.78 is 0. The lowest BCUT2D eigenvalue weighted by Gasteiger charge is -2.28. The number of nitrogens with zero attached hydrogens (tertiary/aromatic N) is 1. The number of rotatable bonds is 4. The van der Waals surface area contributed by atoms with E-state index in [2.05, 4.69) is 144 Å². The molecule has 0 amide bonds. The Hall–Kier alpha value is -5.14. The van der Waals surface area contributed by atoms with Crippen molar-refractivity contribution in [1.29, 1.82) is 0 Å². The highest BCUT2D eigenvalue weighted by Gasteiger charge is 2.26. The summed E-state index contributed by atoms with van der Waals surface area (Å²) in [7, 11) is 0. The molecule has 0 unspecified atom stereocenters. The van der Waals surface area contributed by atoms with Gasteiger partial charge in [0.25, 0.3) is 0 Å². The maximum absolute atomic E-state index is 2.41. The van der Waals surface area contributed by atoms with Crippen LogP contribution >= 0.6 is 0 Å². The van der Waals surface area contributed by atoms with E-state index in [0.717, 1.165) is 19.3 Å². The van der Waals surface area contributed by atoms with Crippen LogP contribution in [0.4, 0.5) is 11.4 Å². The van der Waals surface area contributed by atoms with Gasteiger partial charge in [0.2, 0.25) is 0 Å². The summed E-state index contributed by atoms with van der Waals surface area (Å²) in [5.74, 6) is 0. The van der Waals surface area contributed by atoms with Crippen LogP contribution in [-0.4, -0.2) is 0 Å². The zero-order valence-corrected chi connectivity index (χ0v) is 23.3. The van der Waals surface area contributed by atoms with E-state index in [-0.39, 0.29) is 0 Å². The minimum absolute atomic E-state index is 0.999. The summed E-state index contributed by atoms with van der Waals surface area (Å²) >= 11 is 0. The van der Waals surface area contributed by atoms with Crippen LogP contribution in [0.2, 0.25) is 0 Å². The lowest BCUT2D eigenvalue weighted by molar-refractivity contribution is 0.997. The number of para-hydroxylation sites is 1. The van der Waals surface area contributed by atoms with E-state index in [9.17, 15) is 0 Å². The molecule has 0 aliphatic heterocycles. The molecule has 0 saturated heterocycles. The quantitative estimate of drug-likeness (QED) is 0.203. The zero-order chi connectivity index (χ0) is 27.6. The molecule has 0 heterocycles. The number of anilines is 2. The maximum atomic E-state index is 2.41. The van der Waals surface area contributed by atoms with Gasteiger partial charge in [-0.15, -0.1) is 0 Å². The van der Waals surface area contributed by atoms with Gasteiger partial charge >= 0.3 is 0 Å². The minimum Gasteiger partial charge on any atom is -0.311 e. The average Bonchev–Trinajstić information content (AvgIpc) is 3.46. The van der Waals surface area contributed by atoms with E-state index in [1.807, 2.05) is 0 Å². The monoisotopic (exact) mass is 535 g/mol. The van der Waals surface area contributed by atoms with Gasteiger partial charge in [0.15, 0.2) is 0 Å². The molecule has 0 aromatic heterocycles. The normalized spacial score (nSPS) is 14.0. The van der Waals surface area contributed by atoms with Gasteiger partial charge in [0.05, 0.1) is 0 Å². The number of allylic oxidation sites excluding steroid dienone is 3. The molecule has 0 spiro atoms. The molecule has 0 saturated carbocycles. The van der Waals surface area contributed by atoms with Crippen LogP contribution < -0.4 is 4.90 Å². The fourth-order valence-corrected chi connectivity index (χ4v) is 7.42. The van der Waals surface area contributed by atoms with Crippen molar-refractivity contribution in [2.75, 3.05) is 4.90 Å². The average molecular weight is 536 g/mol. The van der Waals surface area contributed by atoms with Crippen LogP contribution in [0.15, 0.2) is 145 Å². The van der Waals surface area contributed by atoms with E-state index in [0.29, 0.717) is 0 Å². The molecule has 9 rings (SSSR count). The molecule has 42 heavy (non-hydrogen) atoms. The summed E-state index contributed by atoms with van der Waals surface area (Å²) in [6.07, 6.45) is 10.1. The second-order valence-electron chi connectivity index (χ2n) is 11.6. The third-order valence-corrected chi connectivity index (χ3v) is 9.24. The standard InChI is InChI=1S/C41H29N/c1-3-13-30(14-4-1)42(31-15-5-2-6-16-31)32-23-21-27(22-24-32)37-26-29-12-9-20-36-39(29)41-34(37)18-10-19-35(41)38-25-28-11-7-8-17-33(28)40(36)38/h1,3-5,7-24,26H,2,6,25H2. The zero-order valence-electron chi connectivity index (χ0n) is 23.3. The van der Waals surface area contributed by atoms with Gasteiger partial charge in [0.1, 0.15) is 0 Å². The van der Waals surface area contributed by atoms with Crippen molar-refractivity contribution in [3.63, 3.8) is 0 Å². The Bertz CT molecular complexity index is 2200. The largest absolute Gasteiger partial charge is 0.311 e. The lowest BCUT2D eigenvalue weighted by Crippen LogP contribution is -2.16. The Kier molecular flexibility index (Phi) is 5.15. The fraction of sp³-hybridized carbons (Fsp3) is 0.0732. The van der Waals surface area contributed by atoms with E-state index in [1.54, 1.807) is 0 Å². The fourth-order valence-electron chi connectivity index (χ4n) is 7.42. The predicted molar refractivity (Wildman–Crippen MR) is 179 cm³/mol. The van der Waals surface area contributed by atoms with Crippen LogP contribution in [0.3, 0.4) is 0 Å². The van der Waals surface area contributed by atoms with Gasteiger partial charge in [-0.25, -0.2) is 0 Å². The number of hydrogen-bond donors (Lipinski definition) is 0. The van der Waals surface area contributed by atoms with E-state index >= 15 is 0 Å². The minimum atomic E-state index is 0.999. The summed E-state index contributed by atoms with van der Waals surface area (Å²) in [6.45, 7) is 0. The number of hydrogen-bond acceptors (Lipinski definition) is 1. The highest BCUT2D eigenvalue weighted by molar-refractivity contribution is 6.30. The Morgan fingerprint density at radius 3 is 2.17 bits per heavy atom. The number of benzene rings is 7. The molecule has 0 radical (unpaired) electrons. The van der Waals surface area contributed by atoms with Crippen LogP contribution in [0.1, 0.15) is 24.0 Å². The molecule has 2 aliphatic rings.